The SMILES string of the molecule is CCCCCCCOc1ccc(OC(=O)c2cc(-c3ccc(C)cc3)nn2Cc2ccccc2)cc1. The van der Waals surface area contributed by atoms with E-state index in [1.807, 2.05) is 73.7 Å². The van der Waals surface area contributed by atoms with Crippen LogP contribution in [0.1, 0.15) is 60.6 Å². The molecule has 0 saturated heterocycles. The second-order valence-corrected chi connectivity index (χ2v) is 9.05. The van der Waals surface area contributed by atoms with Crippen LogP contribution in [0.4, 0.5) is 0 Å². The second-order valence-electron chi connectivity index (χ2n) is 9.05. The van der Waals surface area contributed by atoms with E-state index in [1.54, 1.807) is 22.9 Å². The third-order valence-corrected chi connectivity index (χ3v) is 6.06. The summed E-state index contributed by atoms with van der Waals surface area (Å²) in [4.78, 5) is 13.2. The minimum absolute atomic E-state index is 0.404. The van der Waals surface area contributed by atoms with Crippen LogP contribution < -0.4 is 9.47 Å². The number of hydrogen-bond acceptors (Lipinski definition) is 4. The van der Waals surface area contributed by atoms with Crippen LogP contribution in [-0.2, 0) is 6.54 Å². The monoisotopic (exact) mass is 482 g/mol. The zero-order chi connectivity index (χ0) is 25.2. The van der Waals surface area contributed by atoms with Gasteiger partial charge in [0.25, 0.3) is 0 Å². The van der Waals surface area contributed by atoms with Gasteiger partial charge < -0.3 is 9.47 Å². The number of aryl methyl sites for hydroxylation is 1. The summed E-state index contributed by atoms with van der Waals surface area (Å²) in [6.07, 6.45) is 6.00. The molecule has 1 heterocycles. The van der Waals surface area contributed by atoms with Gasteiger partial charge in [-0.25, -0.2) is 4.79 Å². The maximum atomic E-state index is 13.2. The van der Waals surface area contributed by atoms with Crippen molar-refractivity contribution >= 4 is 5.97 Å². The summed E-state index contributed by atoms with van der Waals surface area (Å²) in [7, 11) is 0. The van der Waals surface area contributed by atoms with E-state index in [0.717, 1.165) is 29.0 Å². The summed E-state index contributed by atoms with van der Waals surface area (Å²) in [6, 6.07) is 27.1. The molecule has 0 spiro atoms. The largest absolute Gasteiger partial charge is 0.494 e. The molecule has 0 saturated carbocycles. The predicted octanol–water partition coefficient (Wildman–Crippen LogP) is 7.48. The van der Waals surface area contributed by atoms with Crippen molar-refractivity contribution in [1.29, 1.82) is 0 Å². The Morgan fingerprint density at radius 2 is 1.53 bits per heavy atom. The normalized spacial score (nSPS) is 10.8. The molecule has 0 aliphatic carbocycles. The molecule has 0 radical (unpaired) electrons. The summed E-state index contributed by atoms with van der Waals surface area (Å²) in [5, 5.41) is 4.74. The van der Waals surface area contributed by atoms with Gasteiger partial charge >= 0.3 is 5.97 Å². The summed E-state index contributed by atoms with van der Waals surface area (Å²) in [5.41, 5.74) is 4.33. The van der Waals surface area contributed by atoms with Gasteiger partial charge in [-0.05, 0) is 49.2 Å². The van der Waals surface area contributed by atoms with E-state index in [-0.39, 0.29) is 0 Å². The molecule has 3 aromatic carbocycles. The minimum atomic E-state index is -0.443. The zero-order valence-electron chi connectivity index (χ0n) is 21.2. The minimum Gasteiger partial charge on any atom is -0.494 e. The van der Waals surface area contributed by atoms with Gasteiger partial charge in [-0.3, -0.25) is 4.68 Å². The quantitative estimate of drug-likeness (QED) is 0.119. The van der Waals surface area contributed by atoms with E-state index >= 15 is 0 Å². The van der Waals surface area contributed by atoms with Gasteiger partial charge in [-0.1, -0.05) is 92.8 Å². The number of unbranched alkanes of at least 4 members (excludes halogenated alkanes) is 4. The molecule has 186 valence electrons. The smallest absolute Gasteiger partial charge is 0.362 e. The first-order valence-electron chi connectivity index (χ1n) is 12.8. The van der Waals surface area contributed by atoms with Gasteiger partial charge in [0.1, 0.15) is 17.2 Å². The van der Waals surface area contributed by atoms with E-state index in [0.29, 0.717) is 24.6 Å². The average molecular weight is 483 g/mol. The molecule has 0 unspecified atom stereocenters. The number of ether oxygens (including phenoxy) is 2. The lowest BCUT2D eigenvalue weighted by atomic mass is 10.1. The Morgan fingerprint density at radius 1 is 0.833 bits per heavy atom. The number of carbonyl (C=O) groups is 1. The van der Waals surface area contributed by atoms with Gasteiger partial charge in [0.05, 0.1) is 18.8 Å². The fourth-order valence-electron chi connectivity index (χ4n) is 3.98. The van der Waals surface area contributed by atoms with E-state index in [2.05, 4.69) is 6.92 Å². The lowest BCUT2D eigenvalue weighted by Gasteiger charge is -2.09. The van der Waals surface area contributed by atoms with Crippen LogP contribution in [0, 0.1) is 6.92 Å². The van der Waals surface area contributed by atoms with Gasteiger partial charge in [-0.2, -0.15) is 5.10 Å². The Bertz CT molecular complexity index is 1230. The third kappa shape index (κ3) is 7.08. The summed E-state index contributed by atoms with van der Waals surface area (Å²) in [6.45, 7) is 5.43. The number of aromatic nitrogens is 2. The zero-order valence-corrected chi connectivity index (χ0v) is 21.2. The average Bonchev–Trinajstić information content (AvgIpc) is 3.32. The molecule has 0 N–H and O–H groups in total. The molecule has 4 aromatic rings. The van der Waals surface area contributed by atoms with E-state index in [1.165, 1.54) is 31.2 Å². The number of rotatable bonds is 12. The fourth-order valence-corrected chi connectivity index (χ4v) is 3.98. The Hall–Kier alpha value is -3.86. The number of nitrogens with zero attached hydrogens (tertiary/aromatic N) is 2. The molecule has 4 rings (SSSR count). The topological polar surface area (TPSA) is 53.4 Å². The molecule has 0 fully saturated rings. The van der Waals surface area contributed by atoms with Crippen LogP contribution in [-0.4, -0.2) is 22.4 Å². The highest BCUT2D eigenvalue weighted by Crippen LogP contribution is 2.23. The van der Waals surface area contributed by atoms with Crippen LogP contribution in [0.25, 0.3) is 11.3 Å². The molecule has 5 nitrogen and oxygen atoms in total. The molecule has 0 aliphatic heterocycles. The van der Waals surface area contributed by atoms with Crippen molar-refractivity contribution in [2.75, 3.05) is 6.61 Å². The molecule has 0 atom stereocenters. The number of carbonyl (C=O) groups excluding carboxylic acids is 1. The van der Waals surface area contributed by atoms with Gasteiger partial charge in [0.15, 0.2) is 0 Å². The van der Waals surface area contributed by atoms with Crippen LogP contribution in [0.3, 0.4) is 0 Å². The van der Waals surface area contributed by atoms with Crippen molar-refractivity contribution in [2.45, 2.75) is 52.5 Å². The molecule has 36 heavy (non-hydrogen) atoms. The Kier molecular flexibility index (Phi) is 8.92. The molecule has 1 aromatic heterocycles. The summed E-state index contributed by atoms with van der Waals surface area (Å²) < 4.78 is 13.3. The van der Waals surface area contributed by atoms with Gasteiger partial charge in [0.2, 0.25) is 0 Å². The van der Waals surface area contributed by atoms with Crippen molar-refractivity contribution in [3.8, 4) is 22.8 Å². The van der Waals surface area contributed by atoms with Crippen molar-refractivity contribution in [3.63, 3.8) is 0 Å². The molecule has 0 bridgehead atoms. The first kappa shape index (κ1) is 25.2. The van der Waals surface area contributed by atoms with E-state index in [9.17, 15) is 4.79 Å². The highest BCUT2D eigenvalue weighted by Gasteiger charge is 2.19. The highest BCUT2D eigenvalue weighted by atomic mass is 16.5. The van der Waals surface area contributed by atoms with Crippen molar-refractivity contribution in [2.24, 2.45) is 0 Å². The lowest BCUT2D eigenvalue weighted by Crippen LogP contribution is -2.16. The molecule has 5 heteroatoms. The van der Waals surface area contributed by atoms with Crippen LogP contribution >= 0.6 is 0 Å². The standard InChI is InChI=1S/C31H34N2O3/c1-3-4-5-6-10-21-35-27-17-19-28(20-18-27)36-31(34)30-22-29(26-15-13-24(2)14-16-26)32-33(30)23-25-11-8-7-9-12-25/h7-9,11-20,22H,3-6,10,21,23H2,1-2H3. The molecule has 0 amide bonds. The highest BCUT2D eigenvalue weighted by molar-refractivity contribution is 5.90. The Morgan fingerprint density at radius 3 is 2.25 bits per heavy atom. The fraction of sp³-hybridized carbons (Fsp3) is 0.290. The maximum absolute atomic E-state index is 13.2. The van der Waals surface area contributed by atoms with Crippen LogP contribution in [0.15, 0.2) is 84.9 Å². The molecule has 0 aliphatic rings. The van der Waals surface area contributed by atoms with Crippen LogP contribution in [0.5, 0.6) is 11.5 Å². The Labute approximate surface area is 213 Å². The van der Waals surface area contributed by atoms with E-state index < -0.39 is 5.97 Å². The van der Waals surface area contributed by atoms with Gasteiger partial charge in [0, 0.05) is 5.56 Å². The first-order valence-corrected chi connectivity index (χ1v) is 12.8. The number of hydrogen-bond donors (Lipinski definition) is 0. The van der Waals surface area contributed by atoms with Crippen molar-refractivity contribution < 1.29 is 14.3 Å². The lowest BCUT2D eigenvalue weighted by molar-refractivity contribution is 0.0722. The molecular formula is C31H34N2O3. The van der Waals surface area contributed by atoms with Crippen molar-refractivity contribution in [1.82, 2.24) is 9.78 Å². The summed E-state index contributed by atoms with van der Waals surface area (Å²) >= 11 is 0. The number of benzene rings is 3. The molecular weight excluding hydrogens is 448 g/mol. The van der Waals surface area contributed by atoms with Gasteiger partial charge in [-0.15, -0.1) is 0 Å². The van der Waals surface area contributed by atoms with E-state index in [4.69, 9.17) is 14.6 Å². The summed E-state index contributed by atoms with van der Waals surface area (Å²) in [5.74, 6) is 0.807. The third-order valence-electron chi connectivity index (χ3n) is 6.06. The van der Waals surface area contributed by atoms with Crippen LogP contribution in [0.2, 0.25) is 0 Å². The maximum Gasteiger partial charge on any atom is 0.362 e. The predicted molar refractivity (Wildman–Crippen MR) is 144 cm³/mol. The number of esters is 1. The second kappa shape index (κ2) is 12.7. The Balaban J connectivity index is 1.45. The van der Waals surface area contributed by atoms with Crippen molar-refractivity contribution in [3.05, 3.63) is 102 Å². The first-order chi connectivity index (χ1) is 17.6.